The number of para-hydroxylation sites is 1. The zero-order chi connectivity index (χ0) is 26.8. The Morgan fingerprint density at radius 2 is 1.75 bits per heavy atom. The molecule has 3 aromatic rings. The maximum atomic E-state index is 15.3. The second kappa shape index (κ2) is 9.93. The monoisotopic (exact) mass is 498 g/mol. The molecule has 1 heterocycles. The molecule has 0 atom stereocenters. The zero-order valence-corrected chi connectivity index (χ0v) is 21.1. The number of halogens is 2. The lowest BCUT2D eigenvalue weighted by molar-refractivity contribution is -0.121. The van der Waals surface area contributed by atoms with E-state index in [1.54, 1.807) is 57.2 Å². The SMILES string of the molecule is CC(C)(C)CC(=O)N(COC(=O)Oc1ccccc1)c1nc2c(F)cc(C#N)c(F)c2n1C(C)(C)C. The van der Waals surface area contributed by atoms with Gasteiger partial charge in [-0.05, 0) is 44.4 Å². The number of amides is 1. The summed E-state index contributed by atoms with van der Waals surface area (Å²) in [6, 6.07) is 10.6. The molecule has 0 N–H and O–H groups in total. The number of fused-ring (bicyclic) bond motifs is 1. The summed E-state index contributed by atoms with van der Waals surface area (Å²) in [6.07, 6.45) is -1.05. The molecule has 0 radical (unpaired) electrons. The van der Waals surface area contributed by atoms with Gasteiger partial charge in [-0.2, -0.15) is 5.26 Å². The molecular weight excluding hydrogens is 470 g/mol. The van der Waals surface area contributed by atoms with E-state index >= 15 is 4.39 Å². The Hall–Kier alpha value is -4.00. The number of hydrogen-bond donors (Lipinski definition) is 0. The number of benzene rings is 2. The van der Waals surface area contributed by atoms with Crippen molar-refractivity contribution in [3.05, 3.63) is 53.6 Å². The lowest BCUT2D eigenvalue weighted by atomic mass is 9.92. The maximum Gasteiger partial charge on any atom is 0.515 e. The van der Waals surface area contributed by atoms with E-state index in [1.807, 2.05) is 20.8 Å². The van der Waals surface area contributed by atoms with Gasteiger partial charge in [-0.1, -0.05) is 39.0 Å². The minimum Gasteiger partial charge on any atom is -0.412 e. The summed E-state index contributed by atoms with van der Waals surface area (Å²) in [5.41, 5.74) is -2.47. The molecule has 0 aliphatic rings. The first kappa shape index (κ1) is 26.6. The van der Waals surface area contributed by atoms with Crippen LogP contribution in [-0.4, -0.2) is 28.3 Å². The van der Waals surface area contributed by atoms with Gasteiger partial charge in [0.15, 0.2) is 18.4 Å². The molecule has 0 fully saturated rings. The maximum absolute atomic E-state index is 15.3. The van der Waals surface area contributed by atoms with Crippen LogP contribution in [-0.2, 0) is 15.1 Å². The first-order valence-corrected chi connectivity index (χ1v) is 11.2. The molecule has 0 spiro atoms. The molecule has 0 aliphatic carbocycles. The largest absolute Gasteiger partial charge is 0.515 e. The second-order valence-electron chi connectivity index (χ2n) is 10.4. The Kier molecular flexibility index (Phi) is 7.34. The molecule has 0 unspecified atom stereocenters. The molecule has 0 bridgehead atoms. The lowest BCUT2D eigenvalue weighted by Crippen LogP contribution is -2.40. The number of rotatable bonds is 5. The predicted molar refractivity (Wildman–Crippen MR) is 129 cm³/mol. The summed E-state index contributed by atoms with van der Waals surface area (Å²) in [4.78, 5) is 31.0. The van der Waals surface area contributed by atoms with Crippen LogP contribution in [0.5, 0.6) is 5.75 Å². The van der Waals surface area contributed by atoms with Crippen LogP contribution >= 0.6 is 0 Å². The Balaban J connectivity index is 2.11. The Morgan fingerprint density at radius 1 is 1.11 bits per heavy atom. The third-order valence-corrected chi connectivity index (χ3v) is 5.07. The van der Waals surface area contributed by atoms with Gasteiger partial charge in [0, 0.05) is 12.0 Å². The van der Waals surface area contributed by atoms with Crippen molar-refractivity contribution in [2.75, 3.05) is 11.6 Å². The number of nitrogens with zero attached hydrogens (tertiary/aromatic N) is 4. The quantitative estimate of drug-likeness (QED) is 0.247. The van der Waals surface area contributed by atoms with Crippen molar-refractivity contribution in [3.63, 3.8) is 0 Å². The minimum absolute atomic E-state index is 0.0197. The van der Waals surface area contributed by atoms with Gasteiger partial charge in [0.2, 0.25) is 11.9 Å². The van der Waals surface area contributed by atoms with Crippen molar-refractivity contribution in [2.24, 2.45) is 5.41 Å². The Labute approximate surface area is 208 Å². The van der Waals surface area contributed by atoms with E-state index in [0.717, 1.165) is 11.0 Å². The molecule has 0 saturated carbocycles. The summed E-state index contributed by atoms with van der Waals surface area (Å²) in [6.45, 7) is 10.1. The first-order valence-electron chi connectivity index (χ1n) is 11.2. The third-order valence-electron chi connectivity index (χ3n) is 5.07. The third kappa shape index (κ3) is 5.79. The average molecular weight is 499 g/mol. The zero-order valence-electron chi connectivity index (χ0n) is 21.1. The van der Waals surface area contributed by atoms with E-state index < -0.39 is 46.9 Å². The molecular formula is C26H28F2N4O4. The van der Waals surface area contributed by atoms with E-state index in [1.165, 1.54) is 4.57 Å². The Bertz CT molecular complexity index is 1330. The van der Waals surface area contributed by atoms with Crippen molar-refractivity contribution in [2.45, 2.75) is 53.5 Å². The van der Waals surface area contributed by atoms with Crippen LogP contribution in [0.15, 0.2) is 36.4 Å². The molecule has 190 valence electrons. The van der Waals surface area contributed by atoms with Gasteiger partial charge in [0.1, 0.15) is 22.9 Å². The highest BCUT2D eigenvalue weighted by Gasteiger charge is 2.34. The predicted octanol–water partition coefficient (Wildman–Crippen LogP) is 5.88. The molecule has 0 saturated heterocycles. The van der Waals surface area contributed by atoms with Crippen LogP contribution in [0.1, 0.15) is 53.5 Å². The number of aromatic nitrogens is 2. The van der Waals surface area contributed by atoms with E-state index in [9.17, 15) is 19.2 Å². The number of nitriles is 1. The smallest absolute Gasteiger partial charge is 0.412 e. The highest BCUT2D eigenvalue weighted by molar-refractivity contribution is 5.94. The van der Waals surface area contributed by atoms with Crippen LogP contribution < -0.4 is 9.64 Å². The lowest BCUT2D eigenvalue weighted by Gasteiger charge is -2.30. The number of imidazole rings is 1. The highest BCUT2D eigenvalue weighted by Crippen LogP contribution is 2.35. The van der Waals surface area contributed by atoms with E-state index in [4.69, 9.17) is 9.47 Å². The molecule has 10 heteroatoms. The number of hydrogen-bond acceptors (Lipinski definition) is 6. The molecule has 1 aromatic heterocycles. The van der Waals surface area contributed by atoms with Crippen molar-refractivity contribution in [1.29, 1.82) is 5.26 Å². The number of carbonyl (C=O) groups is 2. The number of ether oxygens (including phenoxy) is 2. The van der Waals surface area contributed by atoms with Crippen molar-refractivity contribution >= 4 is 29.0 Å². The van der Waals surface area contributed by atoms with E-state index in [-0.39, 0.29) is 29.2 Å². The molecule has 3 rings (SSSR count). The van der Waals surface area contributed by atoms with Gasteiger partial charge >= 0.3 is 6.16 Å². The number of anilines is 1. The van der Waals surface area contributed by atoms with Crippen LogP contribution in [0.4, 0.5) is 19.5 Å². The molecule has 0 aliphatic heterocycles. The van der Waals surface area contributed by atoms with Crippen LogP contribution in [0, 0.1) is 28.4 Å². The molecule has 8 nitrogen and oxygen atoms in total. The second-order valence-corrected chi connectivity index (χ2v) is 10.4. The molecule has 1 amide bonds. The van der Waals surface area contributed by atoms with Crippen molar-refractivity contribution in [1.82, 2.24) is 9.55 Å². The fourth-order valence-electron chi connectivity index (χ4n) is 3.58. The van der Waals surface area contributed by atoms with E-state index in [2.05, 4.69) is 4.98 Å². The first-order chi connectivity index (χ1) is 16.7. The number of carbonyl (C=O) groups excluding carboxylic acids is 2. The van der Waals surface area contributed by atoms with Crippen LogP contribution in [0.25, 0.3) is 11.0 Å². The standard InChI is InChI=1S/C26H28F2N4O4/c1-25(2,3)13-19(33)31(15-35-24(34)36-17-10-8-7-9-11-17)23-30-21-18(27)12-16(14-29)20(28)22(21)32(23)26(4,5)6/h7-12H,13,15H2,1-6H3. The van der Waals surface area contributed by atoms with Gasteiger partial charge in [0.25, 0.3) is 0 Å². The van der Waals surface area contributed by atoms with Gasteiger partial charge < -0.3 is 14.0 Å². The van der Waals surface area contributed by atoms with Gasteiger partial charge in [-0.15, -0.1) is 0 Å². The molecule has 2 aromatic carbocycles. The topological polar surface area (TPSA) is 97.5 Å². The average Bonchev–Trinajstić information content (AvgIpc) is 3.17. The molecule has 36 heavy (non-hydrogen) atoms. The fourth-order valence-corrected chi connectivity index (χ4v) is 3.58. The minimum atomic E-state index is -1.07. The van der Waals surface area contributed by atoms with Gasteiger partial charge in [0.05, 0.1) is 5.56 Å². The summed E-state index contributed by atoms with van der Waals surface area (Å²) >= 11 is 0. The fraction of sp³-hybridized carbons (Fsp3) is 0.385. The normalized spacial score (nSPS) is 11.8. The van der Waals surface area contributed by atoms with Crippen molar-refractivity contribution < 1.29 is 27.8 Å². The summed E-state index contributed by atoms with van der Waals surface area (Å²) < 4.78 is 41.8. The summed E-state index contributed by atoms with van der Waals surface area (Å²) in [5.74, 6) is -2.26. The van der Waals surface area contributed by atoms with E-state index in [0.29, 0.717) is 0 Å². The summed E-state index contributed by atoms with van der Waals surface area (Å²) in [7, 11) is 0. The van der Waals surface area contributed by atoms with Crippen LogP contribution in [0.2, 0.25) is 0 Å². The Morgan fingerprint density at radius 3 is 2.31 bits per heavy atom. The van der Waals surface area contributed by atoms with Gasteiger partial charge in [-0.25, -0.2) is 23.5 Å². The van der Waals surface area contributed by atoms with Gasteiger partial charge in [-0.3, -0.25) is 4.79 Å². The summed E-state index contributed by atoms with van der Waals surface area (Å²) in [5, 5.41) is 9.27. The van der Waals surface area contributed by atoms with Crippen molar-refractivity contribution in [3.8, 4) is 11.8 Å². The highest BCUT2D eigenvalue weighted by atomic mass is 19.1. The van der Waals surface area contributed by atoms with Crippen LogP contribution in [0.3, 0.4) is 0 Å².